The van der Waals surface area contributed by atoms with Crippen molar-refractivity contribution in [2.45, 2.75) is 6.54 Å². The van der Waals surface area contributed by atoms with Crippen LogP contribution in [0.15, 0.2) is 36.4 Å². The van der Waals surface area contributed by atoms with Crippen LogP contribution in [-0.2, 0) is 6.54 Å². The zero-order valence-electron chi connectivity index (χ0n) is 9.18. The third-order valence-corrected chi connectivity index (χ3v) is 3.24. The number of hydrogen-bond donors (Lipinski definition) is 1. The Labute approximate surface area is 119 Å². The van der Waals surface area contributed by atoms with Crippen LogP contribution in [0.1, 0.15) is 5.56 Å². The van der Waals surface area contributed by atoms with Crippen molar-refractivity contribution in [1.82, 2.24) is 0 Å². The van der Waals surface area contributed by atoms with Crippen LogP contribution in [0.5, 0.6) is 0 Å². The summed E-state index contributed by atoms with van der Waals surface area (Å²) in [6.07, 6.45) is 0. The molecule has 0 atom stereocenters. The highest BCUT2D eigenvalue weighted by Gasteiger charge is 2.08. The predicted molar refractivity (Wildman–Crippen MR) is 75.2 cm³/mol. The molecule has 0 aromatic heterocycles. The Morgan fingerprint density at radius 2 is 1.50 bits per heavy atom. The average molecular weight is 305 g/mol. The van der Waals surface area contributed by atoms with Crippen molar-refractivity contribution >= 4 is 40.5 Å². The fourth-order valence-corrected chi connectivity index (χ4v) is 2.22. The minimum absolute atomic E-state index is 0.258. The highest BCUT2D eigenvalue weighted by molar-refractivity contribution is 6.39. The van der Waals surface area contributed by atoms with Gasteiger partial charge in [-0.05, 0) is 29.8 Å². The quantitative estimate of drug-likeness (QED) is 0.800. The number of anilines is 1. The summed E-state index contributed by atoms with van der Waals surface area (Å²) in [6, 6.07) is 9.81. The molecule has 0 bridgehead atoms. The van der Waals surface area contributed by atoms with E-state index in [9.17, 15) is 4.39 Å². The second-order valence-electron chi connectivity index (χ2n) is 3.72. The van der Waals surface area contributed by atoms with E-state index in [1.54, 1.807) is 12.1 Å². The molecule has 0 fully saturated rings. The van der Waals surface area contributed by atoms with Gasteiger partial charge in [-0.25, -0.2) is 4.39 Å². The van der Waals surface area contributed by atoms with Crippen LogP contribution >= 0.6 is 34.8 Å². The standard InChI is InChI=1S/C13H9Cl3FN/c14-9-3-1-8(2-4-9)7-18-13-11(15)5-10(17)6-12(13)16/h1-6,18H,7H2. The zero-order chi connectivity index (χ0) is 13.1. The second kappa shape index (κ2) is 5.79. The van der Waals surface area contributed by atoms with Gasteiger partial charge in [0.05, 0.1) is 15.7 Å². The van der Waals surface area contributed by atoms with Crippen LogP contribution in [0.3, 0.4) is 0 Å². The molecule has 5 heteroatoms. The van der Waals surface area contributed by atoms with Crippen LogP contribution in [0, 0.1) is 5.82 Å². The minimum atomic E-state index is -0.456. The zero-order valence-corrected chi connectivity index (χ0v) is 11.5. The first-order valence-electron chi connectivity index (χ1n) is 5.19. The summed E-state index contributed by atoms with van der Waals surface area (Å²) in [7, 11) is 0. The number of benzene rings is 2. The number of nitrogens with one attached hydrogen (secondary N) is 1. The lowest BCUT2D eigenvalue weighted by Gasteiger charge is -2.10. The van der Waals surface area contributed by atoms with E-state index < -0.39 is 5.82 Å². The lowest BCUT2D eigenvalue weighted by Crippen LogP contribution is -2.00. The van der Waals surface area contributed by atoms with Gasteiger partial charge in [-0.1, -0.05) is 46.9 Å². The van der Waals surface area contributed by atoms with Gasteiger partial charge in [0.2, 0.25) is 0 Å². The Kier molecular flexibility index (Phi) is 4.33. The number of halogens is 4. The molecule has 0 radical (unpaired) electrons. The van der Waals surface area contributed by atoms with Crippen molar-refractivity contribution in [1.29, 1.82) is 0 Å². The Balaban J connectivity index is 2.13. The first-order chi connectivity index (χ1) is 8.56. The summed E-state index contributed by atoms with van der Waals surface area (Å²) >= 11 is 17.6. The van der Waals surface area contributed by atoms with Crippen molar-refractivity contribution in [2.24, 2.45) is 0 Å². The molecule has 2 aromatic carbocycles. The molecular weight excluding hydrogens is 296 g/mol. The summed E-state index contributed by atoms with van der Waals surface area (Å²) in [5, 5.41) is 4.26. The van der Waals surface area contributed by atoms with Crippen LogP contribution in [-0.4, -0.2) is 0 Å². The summed E-state index contributed by atoms with van der Waals surface area (Å²) in [4.78, 5) is 0. The predicted octanol–water partition coefficient (Wildman–Crippen LogP) is 5.40. The van der Waals surface area contributed by atoms with Gasteiger partial charge in [0.25, 0.3) is 0 Å². The molecule has 94 valence electrons. The van der Waals surface area contributed by atoms with E-state index in [2.05, 4.69) is 5.32 Å². The molecule has 0 aliphatic carbocycles. The topological polar surface area (TPSA) is 12.0 Å². The van der Waals surface area contributed by atoms with Gasteiger partial charge in [0.1, 0.15) is 5.82 Å². The van der Waals surface area contributed by atoms with Crippen molar-refractivity contribution in [2.75, 3.05) is 5.32 Å². The fourth-order valence-electron chi connectivity index (χ4n) is 1.50. The summed E-state index contributed by atoms with van der Waals surface area (Å²) < 4.78 is 13.0. The Bertz CT molecular complexity index is 532. The van der Waals surface area contributed by atoms with Crippen molar-refractivity contribution < 1.29 is 4.39 Å². The molecule has 0 amide bonds. The summed E-state index contributed by atoms with van der Waals surface area (Å²) in [5.41, 5.74) is 1.55. The monoisotopic (exact) mass is 303 g/mol. The maximum atomic E-state index is 13.0. The minimum Gasteiger partial charge on any atom is -0.379 e. The Hall–Kier alpha value is -0.960. The maximum Gasteiger partial charge on any atom is 0.126 e. The molecule has 2 rings (SSSR count). The van der Waals surface area contributed by atoms with E-state index >= 15 is 0 Å². The molecule has 0 aliphatic heterocycles. The second-order valence-corrected chi connectivity index (χ2v) is 4.98. The molecule has 1 N–H and O–H groups in total. The molecule has 0 spiro atoms. The van der Waals surface area contributed by atoms with E-state index in [0.29, 0.717) is 17.3 Å². The SMILES string of the molecule is Fc1cc(Cl)c(NCc2ccc(Cl)cc2)c(Cl)c1. The third kappa shape index (κ3) is 3.29. The lowest BCUT2D eigenvalue weighted by atomic mass is 10.2. The number of hydrogen-bond acceptors (Lipinski definition) is 1. The molecule has 0 unspecified atom stereocenters. The highest BCUT2D eigenvalue weighted by Crippen LogP contribution is 2.31. The lowest BCUT2D eigenvalue weighted by molar-refractivity contribution is 0.628. The van der Waals surface area contributed by atoms with Gasteiger partial charge < -0.3 is 5.32 Å². The van der Waals surface area contributed by atoms with Gasteiger partial charge in [0, 0.05) is 11.6 Å². The molecule has 0 saturated carbocycles. The van der Waals surface area contributed by atoms with E-state index in [4.69, 9.17) is 34.8 Å². The molecule has 18 heavy (non-hydrogen) atoms. The summed E-state index contributed by atoms with van der Waals surface area (Å²) in [6.45, 7) is 0.530. The van der Waals surface area contributed by atoms with Gasteiger partial charge in [-0.2, -0.15) is 0 Å². The maximum absolute atomic E-state index is 13.0. The van der Waals surface area contributed by atoms with Crippen LogP contribution in [0.2, 0.25) is 15.1 Å². The van der Waals surface area contributed by atoms with Gasteiger partial charge in [0.15, 0.2) is 0 Å². The van der Waals surface area contributed by atoms with Gasteiger partial charge in [-0.3, -0.25) is 0 Å². The highest BCUT2D eigenvalue weighted by atomic mass is 35.5. The van der Waals surface area contributed by atoms with Crippen LogP contribution in [0.25, 0.3) is 0 Å². The molecule has 1 nitrogen and oxygen atoms in total. The first kappa shape index (κ1) is 13.5. The average Bonchev–Trinajstić information content (AvgIpc) is 2.30. The third-order valence-electron chi connectivity index (χ3n) is 2.39. The van der Waals surface area contributed by atoms with Crippen molar-refractivity contribution in [3.63, 3.8) is 0 Å². The number of rotatable bonds is 3. The molecule has 2 aromatic rings. The van der Waals surface area contributed by atoms with Crippen molar-refractivity contribution in [3.8, 4) is 0 Å². The normalized spacial score (nSPS) is 10.4. The Morgan fingerprint density at radius 1 is 0.944 bits per heavy atom. The van der Waals surface area contributed by atoms with E-state index in [1.165, 1.54) is 12.1 Å². The smallest absolute Gasteiger partial charge is 0.126 e. The first-order valence-corrected chi connectivity index (χ1v) is 6.32. The van der Waals surface area contributed by atoms with Crippen LogP contribution in [0.4, 0.5) is 10.1 Å². The summed E-state index contributed by atoms with van der Waals surface area (Å²) in [5.74, 6) is -0.456. The molecular formula is C13H9Cl3FN. The van der Waals surface area contributed by atoms with E-state index in [0.717, 1.165) is 5.56 Å². The van der Waals surface area contributed by atoms with Crippen molar-refractivity contribution in [3.05, 3.63) is 62.8 Å². The van der Waals surface area contributed by atoms with Gasteiger partial charge in [-0.15, -0.1) is 0 Å². The van der Waals surface area contributed by atoms with E-state index in [1.807, 2.05) is 12.1 Å². The molecule has 0 aliphatic rings. The van der Waals surface area contributed by atoms with Gasteiger partial charge >= 0.3 is 0 Å². The largest absolute Gasteiger partial charge is 0.379 e. The fraction of sp³-hybridized carbons (Fsp3) is 0.0769. The van der Waals surface area contributed by atoms with E-state index in [-0.39, 0.29) is 10.0 Å². The molecule has 0 heterocycles. The molecule has 0 saturated heterocycles. The van der Waals surface area contributed by atoms with Crippen LogP contribution < -0.4 is 5.32 Å². The Morgan fingerprint density at radius 3 is 2.06 bits per heavy atom.